The molecule has 0 unspecified atom stereocenters. The Balaban J connectivity index is 1.19. The maximum Gasteiger partial charge on any atom is 0.0735 e. The summed E-state index contributed by atoms with van der Waals surface area (Å²) in [5, 5.41) is 7.66. The summed E-state index contributed by atoms with van der Waals surface area (Å²) in [7, 11) is 0. The van der Waals surface area contributed by atoms with Gasteiger partial charge in [-0.05, 0) is 98.1 Å². The second-order valence-electron chi connectivity index (χ2n) is 14.4. The van der Waals surface area contributed by atoms with Crippen molar-refractivity contribution in [2.45, 2.75) is 15.2 Å². The first-order valence-electron chi connectivity index (χ1n) is 18.5. The molecule has 0 atom stereocenters. The standard InChI is InChI=1S/C51H31NS2/c1-2-13-33-30-34(25-24-32(33)12-1)52(35-26-27-38-37-15-4-8-21-46(37)53-49(38)31-35)45-29-28-39-36-14-3-5-17-41(36)51(44-20-11-16-40(45)50(39)44)42-18-6-9-22-47(42)54-48-23-10-7-19-43(48)51/h1-31H. The van der Waals surface area contributed by atoms with Crippen molar-refractivity contribution < 1.29 is 0 Å². The monoisotopic (exact) mass is 721 g/mol. The molecule has 0 amide bonds. The molecule has 2 heterocycles. The van der Waals surface area contributed by atoms with Gasteiger partial charge < -0.3 is 4.90 Å². The molecule has 0 bridgehead atoms. The predicted molar refractivity (Wildman–Crippen MR) is 230 cm³/mol. The van der Waals surface area contributed by atoms with Gasteiger partial charge in [-0.2, -0.15) is 0 Å². The van der Waals surface area contributed by atoms with E-state index in [1.807, 2.05) is 23.1 Å². The Labute approximate surface area is 321 Å². The van der Waals surface area contributed by atoms with Crippen LogP contribution in [0.4, 0.5) is 17.1 Å². The molecule has 252 valence electrons. The van der Waals surface area contributed by atoms with Crippen LogP contribution in [0.25, 0.3) is 52.8 Å². The molecular formula is C51H31NS2. The van der Waals surface area contributed by atoms with Crippen molar-refractivity contribution in [1.82, 2.24) is 0 Å². The van der Waals surface area contributed by atoms with Gasteiger partial charge in [-0.1, -0.05) is 151 Å². The van der Waals surface area contributed by atoms with E-state index in [4.69, 9.17) is 0 Å². The van der Waals surface area contributed by atoms with Crippen molar-refractivity contribution in [2.24, 2.45) is 0 Å². The van der Waals surface area contributed by atoms with Crippen molar-refractivity contribution in [1.29, 1.82) is 0 Å². The number of nitrogens with zero attached hydrogens (tertiary/aromatic N) is 1. The molecule has 0 saturated heterocycles. The molecule has 1 aliphatic carbocycles. The molecule has 12 rings (SSSR count). The largest absolute Gasteiger partial charge is 0.310 e. The fourth-order valence-electron chi connectivity index (χ4n) is 9.48. The van der Waals surface area contributed by atoms with Gasteiger partial charge in [0.1, 0.15) is 0 Å². The molecular weight excluding hydrogens is 691 g/mol. The van der Waals surface area contributed by atoms with Crippen LogP contribution in [-0.2, 0) is 5.41 Å². The number of anilines is 3. The Bertz CT molecular complexity index is 3130. The van der Waals surface area contributed by atoms with Crippen LogP contribution in [0, 0.1) is 0 Å². The first-order valence-corrected chi connectivity index (χ1v) is 20.1. The highest BCUT2D eigenvalue weighted by molar-refractivity contribution is 7.99. The molecule has 1 aliphatic heterocycles. The number of hydrogen-bond donors (Lipinski definition) is 0. The Morgan fingerprint density at radius 2 is 1.02 bits per heavy atom. The van der Waals surface area contributed by atoms with E-state index in [9.17, 15) is 0 Å². The third-order valence-electron chi connectivity index (χ3n) is 11.7. The molecule has 0 radical (unpaired) electrons. The third-order valence-corrected chi connectivity index (χ3v) is 14.0. The summed E-state index contributed by atoms with van der Waals surface area (Å²) >= 11 is 3.77. The Hall–Kier alpha value is -6.13. The van der Waals surface area contributed by atoms with Crippen molar-refractivity contribution >= 4 is 81.9 Å². The molecule has 1 aromatic heterocycles. The van der Waals surface area contributed by atoms with Crippen molar-refractivity contribution in [3.8, 4) is 11.1 Å². The van der Waals surface area contributed by atoms with E-state index in [0.717, 1.165) is 11.4 Å². The lowest BCUT2D eigenvalue weighted by atomic mass is 9.59. The SMILES string of the molecule is c1ccc2c(c1)Sc1ccccc1C21c2ccccc2-c2ccc(N(c3ccc4ccccc4c3)c3ccc4c(c3)sc3ccccc34)c3cccc1c23. The summed E-state index contributed by atoms with van der Waals surface area (Å²) in [6, 6.07) is 70.4. The van der Waals surface area contributed by atoms with E-state index < -0.39 is 5.41 Å². The zero-order valence-electron chi connectivity index (χ0n) is 29.2. The zero-order chi connectivity index (χ0) is 35.4. The second kappa shape index (κ2) is 11.4. The van der Waals surface area contributed by atoms with E-state index in [1.165, 1.54) is 90.6 Å². The Morgan fingerprint density at radius 3 is 1.87 bits per heavy atom. The summed E-state index contributed by atoms with van der Waals surface area (Å²) in [5.74, 6) is 0. The first kappa shape index (κ1) is 30.3. The topological polar surface area (TPSA) is 3.24 Å². The van der Waals surface area contributed by atoms with Gasteiger partial charge in [-0.3, -0.25) is 0 Å². The van der Waals surface area contributed by atoms with E-state index >= 15 is 0 Å². The van der Waals surface area contributed by atoms with Crippen molar-refractivity contribution in [3.63, 3.8) is 0 Å². The normalized spacial score (nSPS) is 13.6. The van der Waals surface area contributed by atoms with Gasteiger partial charge in [0.2, 0.25) is 0 Å². The molecule has 9 aromatic carbocycles. The minimum absolute atomic E-state index is 0.468. The second-order valence-corrected chi connectivity index (χ2v) is 16.6. The number of rotatable bonds is 3. The molecule has 0 saturated carbocycles. The lowest BCUT2D eigenvalue weighted by molar-refractivity contribution is 0.707. The van der Waals surface area contributed by atoms with Crippen LogP contribution in [0.3, 0.4) is 0 Å². The smallest absolute Gasteiger partial charge is 0.0735 e. The summed E-state index contributed by atoms with van der Waals surface area (Å²) < 4.78 is 2.61. The van der Waals surface area contributed by atoms with Gasteiger partial charge in [-0.25, -0.2) is 0 Å². The van der Waals surface area contributed by atoms with Crippen molar-refractivity contribution in [2.75, 3.05) is 4.90 Å². The molecule has 2 aliphatic rings. The third kappa shape index (κ3) is 4.11. The maximum absolute atomic E-state index is 2.49. The fraction of sp³-hybridized carbons (Fsp3) is 0.0196. The predicted octanol–water partition coefficient (Wildman–Crippen LogP) is 14.7. The highest BCUT2D eigenvalue weighted by Crippen LogP contribution is 2.62. The van der Waals surface area contributed by atoms with Crippen LogP contribution in [-0.4, -0.2) is 0 Å². The van der Waals surface area contributed by atoms with E-state index in [0.29, 0.717) is 0 Å². The average molecular weight is 722 g/mol. The van der Waals surface area contributed by atoms with Gasteiger partial charge in [-0.15, -0.1) is 11.3 Å². The van der Waals surface area contributed by atoms with Crippen LogP contribution in [0.15, 0.2) is 198 Å². The van der Waals surface area contributed by atoms with E-state index in [-0.39, 0.29) is 0 Å². The molecule has 1 spiro atoms. The zero-order valence-corrected chi connectivity index (χ0v) is 30.8. The fourth-order valence-corrected chi connectivity index (χ4v) is 11.8. The Morgan fingerprint density at radius 1 is 0.389 bits per heavy atom. The van der Waals surface area contributed by atoms with Gasteiger partial charge in [0.15, 0.2) is 0 Å². The number of hydrogen-bond acceptors (Lipinski definition) is 3. The molecule has 0 fully saturated rings. The Kier molecular flexibility index (Phi) is 6.42. The van der Waals surface area contributed by atoms with E-state index in [2.05, 4.69) is 193 Å². The van der Waals surface area contributed by atoms with Gasteiger partial charge in [0.05, 0.1) is 11.1 Å². The highest BCUT2D eigenvalue weighted by Gasteiger charge is 2.48. The molecule has 1 nitrogen and oxygen atoms in total. The summed E-state index contributed by atoms with van der Waals surface area (Å²) in [5.41, 5.74) is 11.0. The van der Waals surface area contributed by atoms with Crippen LogP contribution in [0.5, 0.6) is 0 Å². The van der Waals surface area contributed by atoms with Crippen LogP contribution in [0.2, 0.25) is 0 Å². The number of fused-ring (bicyclic) bond motifs is 12. The lowest BCUT2D eigenvalue weighted by Crippen LogP contribution is -2.36. The maximum atomic E-state index is 2.49. The summed E-state index contributed by atoms with van der Waals surface area (Å²) in [4.78, 5) is 5.12. The highest BCUT2D eigenvalue weighted by atomic mass is 32.2. The molecule has 10 aromatic rings. The van der Waals surface area contributed by atoms with Crippen LogP contribution in [0.1, 0.15) is 22.3 Å². The molecule has 0 N–H and O–H groups in total. The van der Waals surface area contributed by atoms with Gasteiger partial charge in [0, 0.05) is 46.7 Å². The minimum atomic E-state index is -0.468. The van der Waals surface area contributed by atoms with Crippen LogP contribution < -0.4 is 4.90 Å². The first-order chi connectivity index (χ1) is 26.8. The molecule has 3 heteroatoms. The van der Waals surface area contributed by atoms with Gasteiger partial charge >= 0.3 is 0 Å². The summed E-state index contributed by atoms with van der Waals surface area (Å²) in [6.07, 6.45) is 0. The van der Waals surface area contributed by atoms with Crippen molar-refractivity contribution in [3.05, 3.63) is 210 Å². The lowest BCUT2D eigenvalue weighted by Gasteiger charge is -2.46. The quantitative estimate of drug-likeness (QED) is 0.179. The minimum Gasteiger partial charge on any atom is -0.310 e. The van der Waals surface area contributed by atoms with Gasteiger partial charge in [0.25, 0.3) is 0 Å². The van der Waals surface area contributed by atoms with E-state index in [1.54, 1.807) is 0 Å². The van der Waals surface area contributed by atoms with Crippen LogP contribution >= 0.6 is 23.1 Å². The molecule has 54 heavy (non-hydrogen) atoms. The number of thiophene rings is 1. The average Bonchev–Trinajstić information content (AvgIpc) is 3.61. The number of benzene rings is 9. The summed E-state index contributed by atoms with van der Waals surface area (Å²) in [6.45, 7) is 0.